The molecule has 0 bridgehead atoms. The zero-order valence-electron chi connectivity index (χ0n) is 10.1. The summed E-state index contributed by atoms with van der Waals surface area (Å²) in [5.74, 6) is 1.23. The molecule has 1 aliphatic heterocycles. The van der Waals surface area contributed by atoms with Gasteiger partial charge in [0.25, 0.3) is 5.69 Å². The lowest BCUT2D eigenvalue weighted by Crippen LogP contribution is -2.28. The topological polar surface area (TPSA) is 67.5 Å². The smallest absolute Gasteiger partial charge is 0.269 e. The summed E-state index contributed by atoms with van der Waals surface area (Å²) in [5, 5.41) is 14.2. The zero-order valence-corrected chi connectivity index (χ0v) is 10.1. The Labute approximate surface area is 105 Å². The summed E-state index contributed by atoms with van der Waals surface area (Å²) in [4.78, 5) is 15.0. The average molecular weight is 245 g/mol. The Morgan fingerprint density at radius 1 is 1.44 bits per heavy atom. The summed E-state index contributed by atoms with van der Waals surface area (Å²) in [7, 11) is 0. The van der Waals surface area contributed by atoms with Crippen LogP contribution in [0.15, 0.2) is 23.2 Å². The van der Waals surface area contributed by atoms with Gasteiger partial charge < -0.3 is 5.32 Å². The number of nitrogens with zero attached hydrogens (tertiary/aromatic N) is 2. The molecule has 5 heteroatoms. The van der Waals surface area contributed by atoms with Gasteiger partial charge in [-0.15, -0.1) is 0 Å². The van der Waals surface area contributed by atoms with Crippen molar-refractivity contribution in [2.45, 2.75) is 25.2 Å². The molecule has 0 amide bonds. The number of amidine groups is 1. The minimum Gasteiger partial charge on any atom is -0.371 e. The number of benzene rings is 1. The lowest BCUT2D eigenvalue weighted by atomic mass is 9.82. The van der Waals surface area contributed by atoms with Crippen molar-refractivity contribution in [1.82, 2.24) is 5.32 Å². The SMILES string of the molecule is O=[N+]([O-])c1ccc2c(c1)C(C1=NCCN1)CCC2. The molecule has 3 rings (SSSR count). The molecule has 18 heavy (non-hydrogen) atoms. The molecule has 94 valence electrons. The molecular weight excluding hydrogens is 230 g/mol. The van der Waals surface area contributed by atoms with Gasteiger partial charge in [-0.3, -0.25) is 15.1 Å². The first-order valence-corrected chi connectivity index (χ1v) is 6.31. The van der Waals surface area contributed by atoms with Gasteiger partial charge in [-0.25, -0.2) is 0 Å². The monoisotopic (exact) mass is 245 g/mol. The third-order valence-electron chi connectivity index (χ3n) is 3.68. The molecule has 1 atom stereocenters. The van der Waals surface area contributed by atoms with Crippen molar-refractivity contribution in [1.29, 1.82) is 0 Å². The Kier molecular flexibility index (Phi) is 2.74. The van der Waals surface area contributed by atoms with Crippen LogP contribution in [-0.2, 0) is 6.42 Å². The van der Waals surface area contributed by atoms with Gasteiger partial charge in [-0.2, -0.15) is 0 Å². The number of hydrogen-bond donors (Lipinski definition) is 1. The van der Waals surface area contributed by atoms with E-state index in [4.69, 9.17) is 0 Å². The van der Waals surface area contributed by atoms with Crippen LogP contribution in [0.4, 0.5) is 5.69 Å². The van der Waals surface area contributed by atoms with Crippen LogP contribution in [-0.4, -0.2) is 23.8 Å². The fourth-order valence-corrected chi connectivity index (χ4v) is 2.83. The highest BCUT2D eigenvalue weighted by Gasteiger charge is 2.27. The number of rotatable bonds is 2. The summed E-state index contributed by atoms with van der Waals surface area (Å²) >= 11 is 0. The van der Waals surface area contributed by atoms with Crippen molar-refractivity contribution in [3.05, 3.63) is 39.4 Å². The Morgan fingerprint density at radius 3 is 3.06 bits per heavy atom. The Hall–Kier alpha value is -1.91. The standard InChI is InChI=1S/C13H15N3O2/c17-16(18)10-5-4-9-2-1-3-11(12(9)8-10)13-14-6-7-15-13/h4-5,8,11H,1-3,6-7H2,(H,14,15). The Morgan fingerprint density at radius 2 is 2.33 bits per heavy atom. The van der Waals surface area contributed by atoms with Gasteiger partial charge in [-0.05, 0) is 30.4 Å². The Bertz CT molecular complexity index is 525. The van der Waals surface area contributed by atoms with Crippen molar-refractivity contribution in [3.63, 3.8) is 0 Å². The quantitative estimate of drug-likeness (QED) is 0.640. The van der Waals surface area contributed by atoms with Crippen LogP contribution in [0.5, 0.6) is 0 Å². The van der Waals surface area contributed by atoms with Crippen molar-refractivity contribution >= 4 is 11.5 Å². The molecule has 0 saturated carbocycles. The number of fused-ring (bicyclic) bond motifs is 1. The normalized spacial score (nSPS) is 22.0. The number of aliphatic imine (C=N–C) groups is 1. The lowest BCUT2D eigenvalue weighted by molar-refractivity contribution is -0.384. The van der Waals surface area contributed by atoms with Gasteiger partial charge in [0.1, 0.15) is 5.84 Å². The maximum absolute atomic E-state index is 10.9. The minimum atomic E-state index is -0.324. The van der Waals surface area contributed by atoms with E-state index in [0.717, 1.165) is 43.8 Å². The second-order valence-corrected chi connectivity index (χ2v) is 4.78. The van der Waals surface area contributed by atoms with Crippen molar-refractivity contribution in [3.8, 4) is 0 Å². The lowest BCUT2D eigenvalue weighted by Gasteiger charge is -2.25. The highest BCUT2D eigenvalue weighted by molar-refractivity contribution is 5.90. The molecule has 1 aliphatic carbocycles. The molecule has 2 aliphatic rings. The first kappa shape index (κ1) is 11.2. The van der Waals surface area contributed by atoms with Gasteiger partial charge in [0.15, 0.2) is 0 Å². The molecule has 1 aromatic rings. The molecule has 1 unspecified atom stereocenters. The van der Waals surface area contributed by atoms with E-state index in [0.29, 0.717) is 0 Å². The molecule has 1 N–H and O–H groups in total. The number of hydrogen-bond acceptors (Lipinski definition) is 4. The fourth-order valence-electron chi connectivity index (χ4n) is 2.83. The molecular formula is C13H15N3O2. The second-order valence-electron chi connectivity index (χ2n) is 4.78. The van der Waals surface area contributed by atoms with Crippen molar-refractivity contribution < 1.29 is 4.92 Å². The largest absolute Gasteiger partial charge is 0.371 e. The van der Waals surface area contributed by atoms with E-state index in [1.54, 1.807) is 12.1 Å². The van der Waals surface area contributed by atoms with Crippen LogP contribution in [0.1, 0.15) is 29.9 Å². The molecule has 1 aromatic carbocycles. The van der Waals surface area contributed by atoms with Crippen LogP contribution >= 0.6 is 0 Å². The second kappa shape index (κ2) is 4.40. The van der Waals surface area contributed by atoms with E-state index >= 15 is 0 Å². The summed E-state index contributed by atoms with van der Waals surface area (Å²) in [6, 6.07) is 5.22. The van der Waals surface area contributed by atoms with E-state index in [1.165, 1.54) is 5.56 Å². The van der Waals surface area contributed by atoms with Gasteiger partial charge in [0.05, 0.1) is 11.5 Å². The highest BCUT2D eigenvalue weighted by Crippen LogP contribution is 2.34. The van der Waals surface area contributed by atoms with Gasteiger partial charge in [0, 0.05) is 24.6 Å². The molecule has 0 saturated heterocycles. The van der Waals surface area contributed by atoms with Crippen LogP contribution in [0.2, 0.25) is 0 Å². The van der Waals surface area contributed by atoms with Crippen molar-refractivity contribution in [2.24, 2.45) is 4.99 Å². The summed E-state index contributed by atoms with van der Waals surface area (Å²) in [6.07, 6.45) is 3.16. The first-order chi connectivity index (χ1) is 8.75. The zero-order chi connectivity index (χ0) is 12.5. The van der Waals surface area contributed by atoms with E-state index in [2.05, 4.69) is 10.3 Å². The third-order valence-corrected chi connectivity index (χ3v) is 3.68. The maximum atomic E-state index is 10.9. The molecule has 0 radical (unpaired) electrons. The number of nitrogens with one attached hydrogen (secondary N) is 1. The van der Waals surface area contributed by atoms with Gasteiger partial charge in [0.2, 0.25) is 0 Å². The molecule has 0 fully saturated rings. The number of nitro benzene ring substituents is 1. The van der Waals surface area contributed by atoms with E-state index in [1.807, 2.05) is 6.07 Å². The van der Waals surface area contributed by atoms with E-state index in [9.17, 15) is 10.1 Å². The van der Waals surface area contributed by atoms with E-state index in [-0.39, 0.29) is 16.5 Å². The van der Waals surface area contributed by atoms with Crippen molar-refractivity contribution in [2.75, 3.05) is 13.1 Å². The summed E-state index contributed by atoms with van der Waals surface area (Å²) in [5.41, 5.74) is 2.50. The highest BCUT2D eigenvalue weighted by atomic mass is 16.6. The van der Waals surface area contributed by atoms with Gasteiger partial charge in [-0.1, -0.05) is 6.07 Å². The number of aryl methyl sites for hydroxylation is 1. The molecule has 0 aromatic heterocycles. The third kappa shape index (κ3) is 1.85. The summed E-state index contributed by atoms with van der Waals surface area (Å²) in [6.45, 7) is 1.70. The minimum absolute atomic E-state index is 0.180. The summed E-state index contributed by atoms with van der Waals surface area (Å²) < 4.78 is 0. The molecule has 0 spiro atoms. The molecule has 1 heterocycles. The maximum Gasteiger partial charge on any atom is 0.269 e. The average Bonchev–Trinajstić information content (AvgIpc) is 2.91. The first-order valence-electron chi connectivity index (χ1n) is 6.31. The van der Waals surface area contributed by atoms with Crippen LogP contribution < -0.4 is 5.32 Å². The van der Waals surface area contributed by atoms with Crippen LogP contribution in [0.3, 0.4) is 0 Å². The number of nitro groups is 1. The predicted octanol–water partition coefficient (Wildman–Crippen LogP) is 2.02. The predicted molar refractivity (Wildman–Crippen MR) is 69.1 cm³/mol. The van der Waals surface area contributed by atoms with Crippen LogP contribution in [0.25, 0.3) is 0 Å². The molecule has 5 nitrogen and oxygen atoms in total. The number of non-ortho nitro benzene ring substituents is 1. The van der Waals surface area contributed by atoms with Gasteiger partial charge >= 0.3 is 0 Å². The Balaban J connectivity index is 2.02. The van der Waals surface area contributed by atoms with Crippen LogP contribution in [0, 0.1) is 10.1 Å². The fraction of sp³-hybridized carbons (Fsp3) is 0.462. The van der Waals surface area contributed by atoms with E-state index < -0.39 is 0 Å².